The summed E-state index contributed by atoms with van der Waals surface area (Å²) in [4.78, 5) is 11.9. The minimum atomic E-state index is 0.00576. The summed E-state index contributed by atoms with van der Waals surface area (Å²) in [6, 6.07) is 7.62. The van der Waals surface area contributed by atoms with E-state index in [1.54, 1.807) is 0 Å². The molecule has 0 atom stereocenters. The Kier molecular flexibility index (Phi) is 2.97. The molecule has 16 heavy (non-hydrogen) atoms. The van der Waals surface area contributed by atoms with Gasteiger partial charge in [-0.25, -0.2) is 0 Å². The molecule has 0 spiro atoms. The first-order valence-corrected chi connectivity index (χ1v) is 5.52. The number of amides is 1. The van der Waals surface area contributed by atoms with Crippen LogP contribution in [-0.2, 0) is 4.74 Å². The Labute approximate surface area is 95.8 Å². The number of carbonyl (C=O) groups excluding carboxylic acids is 1. The Bertz CT molecular complexity index is 397. The van der Waals surface area contributed by atoms with Gasteiger partial charge in [0.2, 0.25) is 0 Å². The second kappa shape index (κ2) is 4.26. The van der Waals surface area contributed by atoms with E-state index in [-0.39, 0.29) is 11.3 Å². The lowest BCUT2D eigenvalue weighted by Gasteiger charge is -2.38. The van der Waals surface area contributed by atoms with Crippen molar-refractivity contribution in [3.63, 3.8) is 0 Å². The van der Waals surface area contributed by atoms with Crippen LogP contribution >= 0.6 is 0 Å². The number of nitrogens with one attached hydrogen (secondary N) is 1. The first-order chi connectivity index (χ1) is 7.61. The molecule has 1 amide bonds. The summed E-state index contributed by atoms with van der Waals surface area (Å²) in [7, 11) is 0. The number of hydrogen-bond donors (Lipinski definition) is 1. The fourth-order valence-electron chi connectivity index (χ4n) is 1.77. The highest BCUT2D eigenvalue weighted by molar-refractivity contribution is 5.95. The lowest BCUT2D eigenvalue weighted by Crippen LogP contribution is -2.48. The number of rotatable bonds is 3. The van der Waals surface area contributed by atoms with Gasteiger partial charge < -0.3 is 10.1 Å². The zero-order valence-electron chi connectivity index (χ0n) is 9.75. The van der Waals surface area contributed by atoms with Crippen molar-refractivity contribution < 1.29 is 9.53 Å². The quantitative estimate of drug-likeness (QED) is 0.841. The smallest absolute Gasteiger partial charge is 0.251 e. The first-order valence-electron chi connectivity index (χ1n) is 5.52. The van der Waals surface area contributed by atoms with Crippen molar-refractivity contribution in [3.05, 3.63) is 35.4 Å². The predicted molar refractivity (Wildman–Crippen MR) is 62.4 cm³/mol. The molecule has 1 saturated heterocycles. The van der Waals surface area contributed by atoms with Gasteiger partial charge in [-0.2, -0.15) is 0 Å². The Hall–Kier alpha value is -1.35. The molecular weight excluding hydrogens is 202 g/mol. The molecule has 2 rings (SSSR count). The van der Waals surface area contributed by atoms with Gasteiger partial charge in [0.1, 0.15) is 0 Å². The number of ether oxygens (including phenoxy) is 1. The number of benzene rings is 1. The van der Waals surface area contributed by atoms with Crippen molar-refractivity contribution >= 4 is 5.91 Å². The van der Waals surface area contributed by atoms with Crippen molar-refractivity contribution in [2.24, 2.45) is 5.41 Å². The van der Waals surface area contributed by atoms with Crippen LogP contribution in [0.3, 0.4) is 0 Å². The maximum Gasteiger partial charge on any atom is 0.251 e. The van der Waals surface area contributed by atoms with E-state index < -0.39 is 0 Å². The molecule has 1 aromatic rings. The molecule has 0 saturated carbocycles. The van der Waals surface area contributed by atoms with Gasteiger partial charge in [0.05, 0.1) is 13.2 Å². The van der Waals surface area contributed by atoms with E-state index in [1.165, 1.54) is 0 Å². The molecule has 1 fully saturated rings. The van der Waals surface area contributed by atoms with Crippen molar-refractivity contribution in [2.45, 2.75) is 13.8 Å². The Balaban J connectivity index is 1.96. The van der Waals surface area contributed by atoms with Crippen LogP contribution in [0.2, 0.25) is 0 Å². The van der Waals surface area contributed by atoms with E-state index in [1.807, 2.05) is 31.2 Å². The Morgan fingerprint density at radius 3 is 2.69 bits per heavy atom. The Morgan fingerprint density at radius 1 is 1.44 bits per heavy atom. The monoisotopic (exact) mass is 219 g/mol. The topological polar surface area (TPSA) is 38.3 Å². The minimum absolute atomic E-state index is 0.00576. The van der Waals surface area contributed by atoms with Gasteiger partial charge in [0.15, 0.2) is 0 Å². The summed E-state index contributed by atoms with van der Waals surface area (Å²) in [5, 5.41) is 2.96. The lowest BCUT2D eigenvalue weighted by molar-refractivity contribution is -0.0978. The molecule has 1 aliphatic heterocycles. The van der Waals surface area contributed by atoms with E-state index in [4.69, 9.17) is 4.74 Å². The van der Waals surface area contributed by atoms with E-state index in [0.29, 0.717) is 6.54 Å². The van der Waals surface area contributed by atoms with Gasteiger partial charge in [-0.05, 0) is 18.6 Å². The standard InChI is InChI=1S/C13H17NO2/c1-10-5-3-4-6-11(10)12(15)14-7-13(2)8-16-9-13/h3-6H,7-9H2,1-2H3,(H,14,15). The summed E-state index contributed by atoms with van der Waals surface area (Å²) >= 11 is 0. The van der Waals surface area contributed by atoms with Gasteiger partial charge in [0, 0.05) is 17.5 Å². The van der Waals surface area contributed by atoms with E-state index in [0.717, 1.165) is 24.3 Å². The number of hydrogen-bond acceptors (Lipinski definition) is 2. The average Bonchev–Trinajstić information content (AvgIpc) is 2.24. The molecule has 0 aromatic heterocycles. The first kappa shape index (κ1) is 11.1. The van der Waals surface area contributed by atoms with Crippen LogP contribution in [0, 0.1) is 12.3 Å². The zero-order valence-corrected chi connectivity index (χ0v) is 9.75. The third kappa shape index (κ3) is 2.25. The highest BCUT2D eigenvalue weighted by atomic mass is 16.5. The normalized spacial score (nSPS) is 17.6. The summed E-state index contributed by atoms with van der Waals surface area (Å²) in [5.74, 6) is 0.00576. The fourth-order valence-corrected chi connectivity index (χ4v) is 1.77. The molecule has 0 unspecified atom stereocenters. The maximum atomic E-state index is 11.9. The van der Waals surface area contributed by atoms with Crippen LogP contribution in [0.5, 0.6) is 0 Å². The lowest BCUT2D eigenvalue weighted by atomic mass is 9.88. The number of carbonyl (C=O) groups is 1. The van der Waals surface area contributed by atoms with E-state index in [9.17, 15) is 4.79 Å². The molecule has 0 bridgehead atoms. The largest absolute Gasteiger partial charge is 0.380 e. The molecule has 0 radical (unpaired) electrons. The van der Waals surface area contributed by atoms with Crippen LogP contribution in [0.1, 0.15) is 22.8 Å². The molecule has 1 aromatic carbocycles. The third-order valence-electron chi connectivity index (χ3n) is 2.97. The molecule has 1 heterocycles. The predicted octanol–water partition coefficient (Wildman–Crippen LogP) is 1.76. The molecule has 1 aliphatic rings. The van der Waals surface area contributed by atoms with Crippen molar-refractivity contribution in [1.29, 1.82) is 0 Å². The van der Waals surface area contributed by atoms with Gasteiger partial charge in [0.25, 0.3) is 5.91 Å². The molecule has 3 heteroatoms. The van der Waals surface area contributed by atoms with Gasteiger partial charge in [-0.1, -0.05) is 25.1 Å². The van der Waals surface area contributed by atoms with Gasteiger partial charge in [-0.3, -0.25) is 4.79 Å². The van der Waals surface area contributed by atoms with Crippen LogP contribution in [0.15, 0.2) is 24.3 Å². The summed E-state index contributed by atoms with van der Waals surface area (Å²) in [6.45, 7) is 6.22. The fraction of sp³-hybridized carbons (Fsp3) is 0.462. The van der Waals surface area contributed by atoms with Crippen LogP contribution < -0.4 is 5.32 Å². The summed E-state index contributed by atoms with van der Waals surface area (Å²) < 4.78 is 5.15. The van der Waals surface area contributed by atoms with Crippen molar-refractivity contribution in [3.8, 4) is 0 Å². The highest BCUT2D eigenvalue weighted by Gasteiger charge is 2.33. The average molecular weight is 219 g/mol. The van der Waals surface area contributed by atoms with Gasteiger partial charge in [-0.15, -0.1) is 0 Å². The highest BCUT2D eigenvalue weighted by Crippen LogP contribution is 2.25. The summed E-state index contributed by atoms with van der Waals surface area (Å²) in [6.07, 6.45) is 0. The molecule has 86 valence electrons. The van der Waals surface area contributed by atoms with Crippen LogP contribution in [-0.4, -0.2) is 25.7 Å². The summed E-state index contributed by atoms with van der Waals surface area (Å²) in [5.41, 5.74) is 1.89. The minimum Gasteiger partial charge on any atom is -0.380 e. The molecule has 3 nitrogen and oxygen atoms in total. The molecule has 0 aliphatic carbocycles. The van der Waals surface area contributed by atoms with Crippen molar-refractivity contribution in [1.82, 2.24) is 5.32 Å². The second-order valence-corrected chi connectivity index (χ2v) is 4.80. The number of aryl methyl sites for hydroxylation is 1. The van der Waals surface area contributed by atoms with E-state index in [2.05, 4.69) is 12.2 Å². The van der Waals surface area contributed by atoms with Crippen LogP contribution in [0.4, 0.5) is 0 Å². The second-order valence-electron chi connectivity index (χ2n) is 4.80. The van der Waals surface area contributed by atoms with Crippen LogP contribution in [0.25, 0.3) is 0 Å². The SMILES string of the molecule is Cc1ccccc1C(=O)NCC1(C)COC1. The zero-order chi connectivity index (χ0) is 11.6. The maximum absolute atomic E-state index is 11.9. The molecule has 1 N–H and O–H groups in total. The van der Waals surface area contributed by atoms with Crippen molar-refractivity contribution in [2.75, 3.05) is 19.8 Å². The third-order valence-corrected chi connectivity index (χ3v) is 2.97. The molecular formula is C13H17NO2. The van der Waals surface area contributed by atoms with Gasteiger partial charge >= 0.3 is 0 Å². The Morgan fingerprint density at radius 2 is 2.12 bits per heavy atom. The van der Waals surface area contributed by atoms with E-state index >= 15 is 0 Å².